The third-order valence-corrected chi connectivity index (χ3v) is 5.19. The van der Waals surface area contributed by atoms with Crippen molar-refractivity contribution in [2.24, 2.45) is 0 Å². The molecule has 0 radical (unpaired) electrons. The molecule has 3 heterocycles. The van der Waals surface area contributed by atoms with Crippen molar-refractivity contribution in [1.82, 2.24) is 10.2 Å². The van der Waals surface area contributed by atoms with Crippen LogP contribution in [0.15, 0.2) is 18.2 Å². The monoisotopic (exact) mass is 362 g/mol. The fraction of sp³-hybridized carbons (Fsp3) is 0.632. The number of fused-ring (bicyclic) bond motifs is 1. The Kier molecular flexibility index (Phi) is 5.02. The first-order chi connectivity index (χ1) is 12.6. The molecule has 3 aliphatic heterocycles. The van der Waals surface area contributed by atoms with Gasteiger partial charge in [-0.2, -0.15) is 0 Å². The first kappa shape index (κ1) is 17.6. The van der Waals surface area contributed by atoms with Gasteiger partial charge in [-0.3, -0.25) is 9.69 Å². The SMILES string of the molecule is CC(=O)NC[C@H]1CC[C@@]2(COCCN(Cc3ccc4c(c3)OCO4)C2)O1. The molecular weight excluding hydrogens is 336 g/mol. The summed E-state index contributed by atoms with van der Waals surface area (Å²) in [6.45, 7) is 6.23. The Morgan fingerprint density at radius 3 is 3.12 bits per heavy atom. The van der Waals surface area contributed by atoms with Gasteiger partial charge in [0, 0.05) is 33.1 Å². The summed E-state index contributed by atoms with van der Waals surface area (Å²) in [4.78, 5) is 13.5. The number of carbonyl (C=O) groups excluding carboxylic acids is 1. The number of rotatable bonds is 4. The number of nitrogens with zero attached hydrogens (tertiary/aromatic N) is 1. The van der Waals surface area contributed by atoms with Crippen molar-refractivity contribution in [3.8, 4) is 11.5 Å². The summed E-state index contributed by atoms with van der Waals surface area (Å²) >= 11 is 0. The molecule has 0 aromatic heterocycles. The first-order valence-electron chi connectivity index (χ1n) is 9.23. The van der Waals surface area contributed by atoms with Gasteiger partial charge in [-0.05, 0) is 30.5 Å². The lowest BCUT2D eigenvalue weighted by molar-refractivity contribution is -0.121. The van der Waals surface area contributed by atoms with Gasteiger partial charge in [0.2, 0.25) is 12.7 Å². The maximum absolute atomic E-state index is 11.1. The summed E-state index contributed by atoms with van der Waals surface area (Å²) in [6.07, 6.45) is 1.96. The van der Waals surface area contributed by atoms with E-state index in [1.807, 2.05) is 6.07 Å². The van der Waals surface area contributed by atoms with Crippen LogP contribution in [-0.2, 0) is 20.8 Å². The number of hydrogen-bond donors (Lipinski definition) is 1. The van der Waals surface area contributed by atoms with Gasteiger partial charge in [0.25, 0.3) is 0 Å². The lowest BCUT2D eigenvalue weighted by Gasteiger charge is -2.32. The van der Waals surface area contributed by atoms with Gasteiger partial charge in [0.1, 0.15) is 5.60 Å². The third-order valence-electron chi connectivity index (χ3n) is 5.19. The summed E-state index contributed by atoms with van der Waals surface area (Å²) in [6, 6.07) is 6.11. The van der Waals surface area contributed by atoms with E-state index in [1.54, 1.807) is 0 Å². The number of hydrogen-bond acceptors (Lipinski definition) is 6. The number of nitrogens with one attached hydrogen (secondary N) is 1. The van der Waals surface area contributed by atoms with Crippen molar-refractivity contribution in [3.63, 3.8) is 0 Å². The summed E-state index contributed by atoms with van der Waals surface area (Å²) < 4.78 is 23.1. The average Bonchev–Trinajstić information content (AvgIpc) is 3.18. The van der Waals surface area contributed by atoms with Crippen LogP contribution in [0.2, 0.25) is 0 Å². The fourth-order valence-electron chi connectivity index (χ4n) is 3.94. The lowest BCUT2D eigenvalue weighted by atomic mass is 9.99. The van der Waals surface area contributed by atoms with Crippen molar-refractivity contribution in [2.75, 3.05) is 39.6 Å². The quantitative estimate of drug-likeness (QED) is 0.871. The van der Waals surface area contributed by atoms with E-state index in [4.69, 9.17) is 18.9 Å². The van der Waals surface area contributed by atoms with Crippen molar-refractivity contribution >= 4 is 5.91 Å². The Bertz CT molecular complexity index is 667. The molecule has 142 valence electrons. The average molecular weight is 362 g/mol. The maximum Gasteiger partial charge on any atom is 0.231 e. The normalized spacial score (nSPS) is 28.3. The minimum absolute atomic E-state index is 0.0175. The van der Waals surface area contributed by atoms with Gasteiger partial charge >= 0.3 is 0 Å². The Balaban J connectivity index is 1.39. The van der Waals surface area contributed by atoms with Crippen LogP contribution in [0.3, 0.4) is 0 Å². The highest BCUT2D eigenvalue weighted by Gasteiger charge is 2.43. The van der Waals surface area contributed by atoms with E-state index in [0.717, 1.165) is 44.0 Å². The van der Waals surface area contributed by atoms with Crippen molar-refractivity contribution in [3.05, 3.63) is 23.8 Å². The lowest BCUT2D eigenvalue weighted by Crippen LogP contribution is -2.45. The second kappa shape index (κ2) is 7.42. The topological polar surface area (TPSA) is 69.3 Å². The van der Waals surface area contributed by atoms with E-state index in [0.29, 0.717) is 26.6 Å². The summed E-state index contributed by atoms with van der Waals surface area (Å²) in [5, 5.41) is 2.86. The molecule has 7 heteroatoms. The van der Waals surface area contributed by atoms with Gasteiger partial charge < -0.3 is 24.3 Å². The van der Waals surface area contributed by atoms with Crippen LogP contribution in [0.4, 0.5) is 0 Å². The highest BCUT2D eigenvalue weighted by molar-refractivity contribution is 5.72. The molecule has 2 atom stereocenters. The second-order valence-electron chi connectivity index (χ2n) is 7.35. The van der Waals surface area contributed by atoms with Gasteiger partial charge in [-0.25, -0.2) is 0 Å². The number of carbonyl (C=O) groups is 1. The molecule has 3 aliphatic rings. The first-order valence-corrected chi connectivity index (χ1v) is 9.23. The van der Waals surface area contributed by atoms with Crippen molar-refractivity contribution < 1.29 is 23.7 Å². The van der Waals surface area contributed by atoms with Crippen LogP contribution in [0.5, 0.6) is 11.5 Å². The zero-order chi connectivity index (χ0) is 18.0. The molecule has 2 saturated heterocycles. The number of ether oxygens (including phenoxy) is 4. The summed E-state index contributed by atoms with van der Waals surface area (Å²) in [5.41, 5.74) is 0.912. The Morgan fingerprint density at radius 1 is 1.35 bits per heavy atom. The molecule has 0 saturated carbocycles. The van der Waals surface area contributed by atoms with E-state index in [2.05, 4.69) is 22.3 Å². The fourth-order valence-corrected chi connectivity index (χ4v) is 3.94. The Labute approximate surface area is 153 Å². The highest BCUT2D eigenvalue weighted by Crippen LogP contribution is 2.35. The minimum atomic E-state index is -0.282. The maximum atomic E-state index is 11.1. The van der Waals surface area contributed by atoms with E-state index >= 15 is 0 Å². The van der Waals surface area contributed by atoms with Crippen LogP contribution in [0, 0.1) is 0 Å². The minimum Gasteiger partial charge on any atom is -0.454 e. The van der Waals surface area contributed by atoms with Gasteiger partial charge in [-0.15, -0.1) is 0 Å². The van der Waals surface area contributed by atoms with Crippen LogP contribution < -0.4 is 14.8 Å². The van der Waals surface area contributed by atoms with Gasteiger partial charge in [0.05, 0.1) is 19.3 Å². The Hall–Kier alpha value is -1.83. The molecule has 0 unspecified atom stereocenters. The summed E-state index contributed by atoms with van der Waals surface area (Å²) in [7, 11) is 0. The van der Waals surface area contributed by atoms with Crippen LogP contribution in [0.25, 0.3) is 0 Å². The zero-order valence-electron chi connectivity index (χ0n) is 15.2. The van der Waals surface area contributed by atoms with E-state index in [1.165, 1.54) is 12.5 Å². The molecule has 0 bridgehead atoms. The zero-order valence-corrected chi connectivity index (χ0v) is 15.2. The van der Waals surface area contributed by atoms with E-state index in [-0.39, 0.29) is 17.6 Å². The molecule has 1 spiro atoms. The number of amides is 1. The van der Waals surface area contributed by atoms with Gasteiger partial charge in [-0.1, -0.05) is 6.07 Å². The molecular formula is C19H26N2O5. The highest BCUT2D eigenvalue weighted by atomic mass is 16.7. The molecule has 1 amide bonds. The van der Waals surface area contributed by atoms with Crippen LogP contribution >= 0.6 is 0 Å². The summed E-state index contributed by atoms with van der Waals surface area (Å²) in [5.74, 6) is 1.61. The van der Waals surface area contributed by atoms with Crippen molar-refractivity contribution in [1.29, 1.82) is 0 Å². The standard InChI is InChI=1S/C19H26N2O5/c1-14(22)20-9-16-4-5-19(26-16)11-21(6-7-23-12-19)10-15-2-3-17-18(8-15)25-13-24-17/h2-3,8,16H,4-7,9-13H2,1H3,(H,20,22)/t16-,19-/m1/s1. The largest absolute Gasteiger partial charge is 0.454 e. The molecule has 7 nitrogen and oxygen atoms in total. The van der Waals surface area contributed by atoms with Gasteiger partial charge in [0.15, 0.2) is 11.5 Å². The molecule has 1 N–H and O–H groups in total. The van der Waals surface area contributed by atoms with Crippen LogP contribution in [0.1, 0.15) is 25.3 Å². The molecule has 2 fully saturated rings. The molecule has 1 aromatic rings. The molecule has 4 rings (SSSR count). The predicted molar refractivity (Wildman–Crippen MR) is 94.2 cm³/mol. The van der Waals surface area contributed by atoms with E-state index < -0.39 is 0 Å². The smallest absolute Gasteiger partial charge is 0.231 e. The van der Waals surface area contributed by atoms with E-state index in [9.17, 15) is 4.79 Å². The molecule has 1 aromatic carbocycles. The molecule has 26 heavy (non-hydrogen) atoms. The predicted octanol–water partition coefficient (Wildman–Crippen LogP) is 1.30. The van der Waals surface area contributed by atoms with Crippen molar-refractivity contribution in [2.45, 2.75) is 38.0 Å². The van der Waals surface area contributed by atoms with Crippen LogP contribution in [-0.4, -0.2) is 62.2 Å². The second-order valence-corrected chi connectivity index (χ2v) is 7.35. The number of benzene rings is 1. The third kappa shape index (κ3) is 3.95. The Morgan fingerprint density at radius 2 is 2.23 bits per heavy atom. The molecule has 0 aliphatic carbocycles.